The minimum Gasteiger partial charge on any atom is -0.389 e. The number of carbonyl (C=O) groups excluding carboxylic acids is 2. The maximum absolute atomic E-state index is 11.4. The fourth-order valence-electron chi connectivity index (χ4n) is 0.878. The predicted octanol–water partition coefficient (Wildman–Crippen LogP) is 1.64. The van der Waals surface area contributed by atoms with Gasteiger partial charge in [0.2, 0.25) is 0 Å². The highest BCUT2D eigenvalue weighted by Crippen LogP contribution is 2.42. The maximum Gasteiger partial charge on any atom is 0.373 e. The Bertz CT molecular complexity index is 219. The minimum atomic E-state index is -2.23. The molecule has 0 aliphatic heterocycles. The molecule has 0 aromatic heterocycles. The van der Waals surface area contributed by atoms with E-state index in [1.54, 1.807) is 6.66 Å². The quantitative estimate of drug-likeness (QED) is 0.734. The van der Waals surface area contributed by atoms with Crippen molar-refractivity contribution in [1.29, 1.82) is 0 Å². The summed E-state index contributed by atoms with van der Waals surface area (Å²) in [6.45, 7) is 7.98. The Labute approximate surface area is 85.1 Å². The van der Waals surface area contributed by atoms with Gasteiger partial charge in [-0.2, -0.15) is 9.59 Å². The molecule has 0 saturated carbocycles. The first-order valence-corrected chi connectivity index (χ1v) is 6.98. The van der Waals surface area contributed by atoms with Gasteiger partial charge in [-0.25, -0.2) is 0 Å². The van der Waals surface area contributed by atoms with Crippen LogP contribution >= 0.6 is 7.14 Å². The zero-order valence-electron chi connectivity index (χ0n) is 9.19. The average molecular weight is 222 g/mol. The Hall–Kier alpha value is -0.430. The van der Waals surface area contributed by atoms with E-state index in [0.717, 1.165) is 0 Å². The van der Waals surface area contributed by atoms with E-state index in [1.165, 1.54) is 0 Å². The lowest BCUT2D eigenvalue weighted by Gasteiger charge is -2.18. The summed E-state index contributed by atoms with van der Waals surface area (Å²) in [6, 6.07) is 0. The predicted molar refractivity (Wildman–Crippen MR) is 54.5 cm³/mol. The molecule has 0 aliphatic rings. The summed E-state index contributed by atoms with van der Waals surface area (Å²) >= 11 is 0. The number of rotatable bonds is 4. The molecule has 0 spiro atoms. The molecule has 4 nitrogen and oxygen atoms in total. The Morgan fingerprint density at radius 3 is 1.86 bits per heavy atom. The molecule has 2 atom stereocenters. The molecule has 14 heavy (non-hydrogen) atoms. The second kappa shape index (κ2) is 7.93. The lowest BCUT2D eigenvalue weighted by Crippen LogP contribution is -2.10. The van der Waals surface area contributed by atoms with Gasteiger partial charge in [-0.05, 0) is 18.5 Å². The molecular weight excluding hydrogens is 203 g/mol. The van der Waals surface area contributed by atoms with Crippen LogP contribution in [0.5, 0.6) is 0 Å². The molecule has 0 heterocycles. The molecule has 0 fully saturated rings. The third-order valence-corrected chi connectivity index (χ3v) is 4.06. The molecular formula is C9H19O4P. The van der Waals surface area contributed by atoms with Gasteiger partial charge >= 0.3 is 6.15 Å². The van der Waals surface area contributed by atoms with Gasteiger partial charge in [-0.15, -0.1) is 0 Å². The van der Waals surface area contributed by atoms with Crippen LogP contribution in [0.3, 0.4) is 0 Å². The monoisotopic (exact) mass is 222 g/mol. The molecule has 0 aromatic carbocycles. The summed E-state index contributed by atoms with van der Waals surface area (Å²) in [4.78, 5) is 16.2. The van der Waals surface area contributed by atoms with Crippen LogP contribution in [0.25, 0.3) is 0 Å². The smallest absolute Gasteiger partial charge is 0.373 e. The zero-order chi connectivity index (χ0) is 11.8. The number of aliphatic hydroxyl groups excluding tert-OH is 1. The zero-order valence-corrected chi connectivity index (χ0v) is 10.1. The van der Waals surface area contributed by atoms with Crippen LogP contribution in [0.2, 0.25) is 0 Å². The van der Waals surface area contributed by atoms with Crippen LogP contribution in [0, 0.1) is 11.8 Å². The van der Waals surface area contributed by atoms with Crippen molar-refractivity contribution >= 4 is 13.3 Å². The lowest BCUT2D eigenvalue weighted by molar-refractivity contribution is -0.191. The van der Waals surface area contributed by atoms with Gasteiger partial charge in [0.25, 0.3) is 0 Å². The van der Waals surface area contributed by atoms with Crippen molar-refractivity contribution in [3.05, 3.63) is 0 Å². The topological polar surface area (TPSA) is 71.4 Å². The van der Waals surface area contributed by atoms with Gasteiger partial charge in [0.05, 0.1) is 6.35 Å². The van der Waals surface area contributed by atoms with E-state index >= 15 is 0 Å². The third kappa shape index (κ3) is 9.66. The van der Waals surface area contributed by atoms with Gasteiger partial charge in [-0.3, -0.25) is 0 Å². The molecule has 0 unspecified atom stereocenters. The van der Waals surface area contributed by atoms with Crippen LogP contribution in [-0.2, 0) is 14.2 Å². The molecule has 0 radical (unpaired) electrons. The first-order chi connectivity index (χ1) is 6.30. The van der Waals surface area contributed by atoms with E-state index in [4.69, 9.17) is 14.7 Å². The van der Waals surface area contributed by atoms with Crippen molar-refractivity contribution in [3.8, 4) is 0 Å². The Balaban J connectivity index is 0. The number of hydrogen-bond donors (Lipinski definition) is 1. The van der Waals surface area contributed by atoms with Crippen LogP contribution in [-0.4, -0.2) is 30.4 Å². The highest BCUT2D eigenvalue weighted by atomic mass is 31.2. The summed E-state index contributed by atoms with van der Waals surface area (Å²) in [5, 5.41) is 8.76. The third-order valence-electron chi connectivity index (χ3n) is 2.11. The average Bonchev–Trinajstić information content (AvgIpc) is 2.05. The fraction of sp³-hybridized carbons (Fsp3) is 0.889. The van der Waals surface area contributed by atoms with Crippen molar-refractivity contribution in [3.63, 3.8) is 0 Å². The SMILES string of the molecule is CC(C)[C@H](C)C[P@](C)(=O)CO.O=C=O. The number of aliphatic hydroxyl groups is 1. The molecule has 0 aromatic rings. The van der Waals surface area contributed by atoms with E-state index in [-0.39, 0.29) is 12.5 Å². The van der Waals surface area contributed by atoms with E-state index < -0.39 is 7.14 Å². The summed E-state index contributed by atoms with van der Waals surface area (Å²) in [5.41, 5.74) is 0. The van der Waals surface area contributed by atoms with Crippen molar-refractivity contribution < 1.29 is 19.3 Å². The molecule has 1 N–H and O–H groups in total. The van der Waals surface area contributed by atoms with Crippen LogP contribution < -0.4 is 0 Å². The standard InChI is InChI=1S/C8H19O2P.CO2/c1-7(2)8(3)5-11(4,10)6-9;2-1-3/h7-9H,5-6H2,1-4H3;/t8-,11+;/m1./s1. The summed E-state index contributed by atoms with van der Waals surface area (Å²) in [5.74, 6) is 0.993. The van der Waals surface area contributed by atoms with Crippen LogP contribution in [0.4, 0.5) is 0 Å². The molecule has 0 amide bonds. The molecule has 0 bridgehead atoms. The minimum absolute atomic E-state index is 0.149. The highest BCUT2D eigenvalue weighted by Gasteiger charge is 2.19. The van der Waals surface area contributed by atoms with Gasteiger partial charge in [0.15, 0.2) is 0 Å². The van der Waals surface area contributed by atoms with Crippen molar-refractivity contribution in [2.45, 2.75) is 20.8 Å². The van der Waals surface area contributed by atoms with Gasteiger partial charge in [-0.1, -0.05) is 20.8 Å². The number of hydrogen-bond acceptors (Lipinski definition) is 4. The van der Waals surface area contributed by atoms with Crippen molar-refractivity contribution in [2.24, 2.45) is 11.8 Å². The maximum atomic E-state index is 11.4. The molecule has 84 valence electrons. The second-order valence-electron chi connectivity index (χ2n) is 3.93. The first-order valence-electron chi connectivity index (χ1n) is 4.46. The molecule has 0 rings (SSSR count). The van der Waals surface area contributed by atoms with Gasteiger partial charge < -0.3 is 9.67 Å². The van der Waals surface area contributed by atoms with Crippen molar-refractivity contribution in [1.82, 2.24) is 0 Å². The van der Waals surface area contributed by atoms with E-state index in [2.05, 4.69) is 20.8 Å². The molecule has 0 saturated heterocycles. The van der Waals surface area contributed by atoms with Gasteiger partial charge in [0.1, 0.15) is 7.14 Å². The van der Waals surface area contributed by atoms with E-state index in [1.807, 2.05) is 0 Å². The highest BCUT2D eigenvalue weighted by molar-refractivity contribution is 7.62. The fourth-order valence-corrected chi connectivity index (χ4v) is 2.63. The lowest BCUT2D eigenvalue weighted by atomic mass is 10.0. The van der Waals surface area contributed by atoms with Crippen LogP contribution in [0.1, 0.15) is 20.8 Å². The van der Waals surface area contributed by atoms with Crippen molar-refractivity contribution in [2.75, 3.05) is 19.2 Å². The summed E-state index contributed by atoms with van der Waals surface area (Å²) in [6.07, 6.45) is 0.769. The largest absolute Gasteiger partial charge is 0.389 e. The Morgan fingerprint density at radius 1 is 1.29 bits per heavy atom. The molecule has 0 aliphatic carbocycles. The Morgan fingerprint density at radius 2 is 1.64 bits per heavy atom. The van der Waals surface area contributed by atoms with E-state index in [9.17, 15) is 4.57 Å². The van der Waals surface area contributed by atoms with Gasteiger partial charge in [0, 0.05) is 6.16 Å². The normalized spacial score (nSPS) is 16.1. The summed E-state index contributed by atoms with van der Waals surface area (Å²) < 4.78 is 11.4. The Kier molecular flexibility index (Phi) is 9.07. The summed E-state index contributed by atoms with van der Waals surface area (Å²) in [7, 11) is -2.23. The second-order valence-corrected chi connectivity index (χ2v) is 7.17. The first kappa shape index (κ1) is 16.0. The molecule has 5 heteroatoms. The van der Waals surface area contributed by atoms with Crippen LogP contribution in [0.15, 0.2) is 0 Å². The van der Waals surface area contributed by atoms with E-state index in [0.29, 0.717) is 18.0 Å².